The summed E-state index contributed by atoms with van der Waals surface area (Å²) < 4.78 is 16.1. The van der Waals surface area contributed by atoms with E-state index in [0.717, 1.165) is 22.2 Å². The second kappa shape index (κ2) is 8.21. The highest BCUT2D eigenvalue weighted by atomic mass is 19.1. The molecule has 0 aliphatic rings. The van der Waals surface area contributed by atoms with Gasteiger partial charge in [0.1, 0.15) is 12.4 Å². The number of aromatic nitrogens is 1. The van der Waals surface area contributed by atoms with Crippen molar-refractivity contribution in [2.24, 2.45) is 0 Å². The zero-order valence-corrected chi connectivity index (χ0v) is 16.4. The van der Waals surface area contributed by atoms with Crippen molar-refractivity contribution in [3.8, 4) is 11.3 Å². The summed E-state index contributed by atoms with van der Waals surface area (Å²) in [6, 6.07) is 23.7. The number of para-hydroxylation sites is 1. The fourth-order valence-electron chi connectivity index (χ4n) is 3.46. The highest BCUT2D eigenvalue weighted by Crippen LogP contribution is 2.28. The van der Waals surface area contributed by atoms with Crippen molar-refractivity contribution in [2.75, 3.05) is 10.6 Å². The van der Waals surface area contributed by atoms with E-state index in [-0.39, 0.29) is 24.0 Å². The summed E-state index contributed by atoms with van der Waals surface area (Å²) in [6.07, 6.45) is 0. The SMILES string of the molecule is CC(=O)Nc1ccc(F)c(NC(=O)Cn2c(-c3ccccc3)cc3ccccc32)c1. The molecule has 0 aliphatic heterocycles. The number of rotatable bonds is 5. The zero-order valence-electron chi connectivity index (χ0n) is 16.4. The third kappa shape index (κ3) is 4.07. The van der Waals surface area contributed by atoms with Crippen molar-refractivity contribution in [1.82, 2.24) is 4.57 Å². The molecule has 5 nitrogen and oxygen atoms in total. The molecule has 1 heterocycles. The molecule has 30 heavy (non-hydrogen) atoms. The Balaban J connectivity index is 1.65. The van der Waals surface area contributed by atoms with Crippen molar-refractivity contribution in [3.05, 3.63) is 84.7 Å². The fraction of sp³-hybridized carbons (Fsp3) is 0.0833. The first-order valence-electron chi connectivity index (χ1n) is 9.52. The fourth-order valence-corrected chi connectivity index (χ4v) is 3.46. The van der Waals surface area contributed by atoms with Gasteiger partial charge in [0.2, 0.25) is 11.8 Å². The van der Waals surface area contributed by atoms with E-state index in [9.17, 15) is 14.0 Å². The van der Waals surface area contributed by atoms with E-state index in [1.807, 2.05) is 65.2 Å². The number of hydrogen-bond acceptors (Lipinski definition) is 2. The summed E-state index contributed by atoms with van der Waals surface area (Å²) in [6.45, 7) is 1.38. The minimum absolute atomic E-state index is 0.0154. The predicted octanol–water partition coefficient (Wildman–Crippen LogP) is 5.04. The molecule has 6 heteroatoms. The maximum atomic E-state index is 14.2. The number of amides is 2. The van der Waals surface area contributed by atoms with Crippen LogP contribution in [-0.4, -0.2) is 16.4 Å². The van der Waals surface area contributed by atoms with Gasteiger partial charge in [-0.15, -0.1) is 0 Å². The van der Waals surface area contributed by atoms with Gasteiger partial charge in [0, 0.05) is 29.2 Å². The predicted molar refractivity (Wildman–Crippen MR) is 117 cm³/mol. The second-order valence-corrected chi connectivity index (χ2v) is 6.96. The van der Waals surface area contributed by atoms with Crippen LogP contribution in [0.5, 0.6) is 0 Å². The van der Waals surface area contributed by atoms with Crippen LogP contribution in [0.4, 0.5) is 15.8 Å². The molecule has 0 unspecified atom stereocenters. The van der Waals surface area contributed by atoms with E-state index >= 15 is 0 Å². The molecule has 0 aliphatic carbocycles. The smallest absolute Gasteiger partial charge is 0.244 e. The Morgan fingerprint density at radius 3 is 2.40 bits per heavy atom. The van der Waals surface area contributed by atoms with Crippen LogP contribution in [0.2, 0.25) is 0 Å². The van der Waals surface area contributed by atoms with Gasteiger partial charge in [-0.3, -0.25) is 9.59 Å². The van der Waals surface area contributed by atoms with E-state index < -0.39 is 5.82 Å². The first-order chi connectivity index (χ1) is 14.5. The Bertz CT molecular complexity index is 1230. The average molecular weight is 401 g/mol. The molecule has 0 bridgehead atoms. The molecule has 4 aromatic rings. The molecule has 4 rings (SSSR count). The van der Waals surface area contributed by atoms with Gasteiger partial charge in [0.15, 0.2) is 0 Å². The average Bonchev–Trinajstić information content (AvgIpc) is 3.09. The minimum atomic E-state index is -0.571. The monoisotopic (exact) mass is 401 g/mol. The topological polar surface area (TPSA) is 63.1 Å². The Morgan fingerprint density at radius 1 is 0.900 bits per heavy atom. The highest BCUT2D eigenvalue weighted by molar-refractivity contribution is 5.95. The van der Waals surface area contributed by atoms with E-state index in [1.54, 1.807) is 0 Å². The van der Waals surface area contributed by atoms with Gasteiger partial charge in [-0.1, -0.05) is 48.5 Å². The van der Waals surface area contributed by atoms with Crippen molar-refractivity contribution in [2.45, 2.75) is 13.5 Å². The van der Waals surface area contributed by atoms with Gasteiger partial charge >= 0.3 is 0 Å². The van der Waals surface area contributed by atoms with Crippen LogP contribution in [-0.2, 0) is 16.1 Å². The quantitative estimate of drug-likeness (QED) is 0.492. The summed E-state index contributed by atoms with van der Waals surface area (Å²) in [5.74, 6) is -1.21. The summed E-state index contributed by atoms with van der Waals surface area (Å²) >= 11 is 0. The molecule has 0 atom stereocenters. The third-order valence-electron chi connectivity index (χ3n) is 4.74. The first-order valence-corrected chi connectivity index (χ1v) is 9.52. The van der Waals surface area contributed by atoms with Gasteiger partial charge in [0.05, 0.1) is 5.69 Å². The van der Waals surface area contributed by atoms with Gasteiger partial charge in [-0.2, -0.15) is 0 Å². The molecule has 150 valence electrons. The number of anilines is 2. The molecular weight excluding hydrogens is 381 g/mol. The molecule has 0 fully saturated rings. The second-order valence-electron chi connectivity index (χ2n) is 6.96. The van der Waals surface area contributed by atoms with Crippen molar-refractivity contribution in [1.29, 1.82) is 0 Å². The van der Waals surface area contributed by atoms with Gasteiger partial charge in [0.25, 0.3) is 0 Å². The van der Waals surface area contributed by atoms with Crippen LogP contribution in [0, 0.1) is 5.82 Å². The summed E-state index contributed by atoms with van der Waals surface area (Å²) in [4.78, 5) is 24.1. The van der Waals surface area contributed by atoms with E-state index in [2.05, 4.69) is 10.6 Å². The van der Waals surface area contributed by atoms with Crippen molar-refractivity contribution >= 4 is 34.1 Å². The zero-order chi connectivity index (χ0) is 21.1. The number of nitrogens with one attached hydrogen (secondary N) is 2. The number of carbonyl (C=O) groups is 2. The maximum Gasteiger partial charge on any atom is 0.244 e. The Labute approximate surface area is 173 Å². The molecule has 3 aromatic carbocycles. The van der Waals surface area contributed by atoms with E-state index in [1.165, 1.54) is 25.1 Å². The largest absolute Gasteiger partial charge is 0.331 e. The number of halogens is 1. The van der Waals surface area contributed by atoms with Crippen LogP contribution in [0.1, 0.15) is 6.92 Å². The number of nitrogens with zero attached hydrogens (tertiary/aromatic N) is 1. The Kier molecular flexibility index (Phi) is 5.30. The summed E-state index contributed by atoms with van der Waals surface area (Å²) in [5.41, 5.74) is 3.23. The molecule has 2 N–H and O–H groups in total. The first kappa shape index (κ1) is 19.4. The normalized spacial score (nSPS) is 10.7. The number of carbonyl (C=O) groups excluding carboxylic acids is 2. The summed E-state index contributed by atoms with van der Waals surface area (Å²) in [5, 5.41) is 6.22. The molecule has 0 spiro atoms. The lowest BCUT2D eigenvalue weighted by Gasteiger charge is -2.13. The standard InChI is InChI=1S/C24H20FN3O2/c1-16(29)26-19-11-12-20(25)21(14-19)27-24(30)15-28-22-10-6-5-9-18(22)13-23(28)17-7-3-2-4-8-17/h2-14H,15H2,1H3,(H,26,29)(H,27,30). The van der Waals surface area contributed by atoms with Crippen LogP contribution in [0.25, 0.3) is 22.2 Å². The number of benzene rings is 3. The molecule has 0 saturated carbocycles. The van der Waals surface area contributed by atoms with Gasteiger partial charge in [-0.25, -0.2) is 4.39 Å². The number of fused-ring (bicyclic) bond motifs is 1. The van der Waals surface area contributed by atoms with Crippen LogP contribution in [0.15, 0.2) is 78.9 Å². The van der Waals surface area contributed by atoms with Crippen LogP contribution in [0.3, 0.4) is 0 Å². The Morgan fingerprint density at radius 2 is 1.63 bits per heavy atom. The Hall–Kier alpha value is -3.93. The lowest BCUT2D eigenvalue weighted by atomic mass is 10.1. The van der Waals surface area contributed by atoms with Gasteiger partial charge < -0.3 is 15.2 Å². The maximum absolute atomic E-state index is 14.2. The molecule has 0 radical (unpaired) electrons. The molecule has 0 saturated heterocycles. The molecule has 1 aromatic heterocycles. The van der Waals surface area contributed by atoms with Crippen molar-refractivity contribution < 1.29 is 14.0 Å². The van der Waals surface area contributed by atoms with E-state index in [4.69, 9.17) is 0 Å². The lowest BCUT2D eigenvalue weighted by molar-refractivity contribution is -0.116. The number of hydrogen-bond donors (Lipinski definition) is 2. The van der Waals surface area contributed by atoms with Crippen LogP contribution < -0.4 is 10.6 Å². The highest BCUT2D eigenvalue weighted by Gasteiger charge is 2.15. The summed E-state index contributed by atoms with van der Waals surface area (Å²) in [7, 11) is 0. The van der Waals surface area contributed by atoms with Crippen molar-refractivity contribution in [3.63, 3.8) is 0 Å². The van der Waals surface area contributed by atoms with E-state index in [0.29, 0.717) is 5.69 Å². The minimum Gasteiger partial charge on any atom is -0.331 e. The lowest BCUT2D eigenvalue weighted by Crippen LogP contribution is -2.20. The third-order valence-corrected chi connectivity index (χ3v) is 4.74. The molecular formula is C24H20FN3O2. The molecule has 2 amide bonds. The van der Waals surface area contributed by atoms with Crippen LogP contribution >= 0.6 is 0 Å². The van der Waals surface area contributed by atoms with Gasteiger partial charge in [-0.05, 0) is 35.9 Å².